The molecule has 1 atom stereocenters. The van der Waals surface area contributed by atoms with E-state index >= 15 is 0 Å². The van der Waals surface area contributed by atoms with E-state index < -0.39 is 23.8 Å². The van der Waals surface area contributed by atoms with E-state index in [1.54, 1.807) is 30.3 Å². The monoisotopic (exact) mass is 540 g/mol. The Bertz CT molecular complexity index is 1710. The zero-order valence-corrected chi connectivity index (χ0v) is 22.2. The number of anilines is 1. The van der Waals surface area contributed by atoms with E-state index in [2.05, 4.69) is 28.9 Å². The molecule has 1 heterocycles. The van der Waals surface area contributed by atoms with Gasteiger partial charge >= 0.3 is 5.97 Å². The number of aromatic nitrogens is 1. The Morgan fingerprint density at radius 3 is 2.36 bits per heavy atom. The molecule has 0 aliphatic rings. The van der Waals surface area contributed by atoms with Crippen molar-refractivity contribution < 1.29 is 18.7 Å². The molecule has 1 N–H and O–H groups in total. The van der Waals surface area contributed by atoms with Gasteiger partial charge in [0.2, 0.25) is 0 Å². The van der Waals surface area contributed by atoms with Gasteiger partial charge in [-0.2, -0.15) is 0 Å². The smallest absolute Gasteiger partial charge is 0.339 e. The Balaban J connectivity index is 1.37. The quantitative estimate of drug-likeness (QED) is 0.131. The lowest BCUT2D eigenvalue weighted by Crippen LogP contribution is -2.30. The third-order valence-corrected chi connectivity index (χ3v) is 6.82. The number of ether oxygens (including phenoxy) is 1. The number of carbonyl (C=O) groups excluding carboxylic acids is 2. The molecule has 0 bridgehead atoms. The van der Waals surface area contributed by atoms with Crippen LogP contribution in [0.1, 0.15) is 25.0 Å². The second-order valence-corrected chi connectivity index (χ2v) is 9.58. The number of hydrogen-bond donors (Lipinski definition) is 1. The van der Waals surface area contributed by atoms with Crippen molar-refractivity contribution in [3.8, 4) is 0 Å². The second-order valence-electron chi connectivity index (χ2n) is 9.15. The van der Waals surface area contributed by atoms with Crippen LogP contribution < -0.4 is 5.32 Å². The van der Waals surface area contributed by atoms with E-state index in [1.165, 1.54) is 31.2 Å². The van der Waals surface area contributed by atoms with Crippen LogP contribution in [0.3, 0.4) is 0 Å². The summed E-state index contributed by atoms with van der Waals surface area (Å²) < 4.78 is 21.3. The largest absolute Gasteiger partial charge is 0.449 e. The predicted octanol–water partition coefficient (Wildman–Crippen LogP) is 7.72. The van der Waals surface area contributed by atoms with Crippen LogP contribution in [0.5, 0.6) is 0 Å². The van der Waals surface area contributed by atoms with Crippen LogP contribution in [-0.4, -0.2) is 22.5 Å². The Morgan fingerprint density at radius 1 is 0.949 bits per heavy atom. The lowest BCUT2D eigenvalue weighted by Gasteiger charge is -2.15. The molecule has 0 saturated heterocycles. The van der Waals surface area contributed by atoms with Crippen molar-refractivity contribution in [2.24, 2.45) is 0 Å². The van der Waals surface area contributed by atoms with Crippen LogP contribution >= 0.6 is 11.6 Å². The Kier molecular flexibility index (Phi) is 7.48. The Morgan fingerprint density at radius 2 is 1.64 bits per heavy atom. The number of nitrogens with zero attached hydrogens (tertiary/aromatic N) is 1. The van der Waals surface area contributed by atoms with Crippen LogP contribution in [0, 0.1) is 5.82 Å². The van der Waals surface area contributed by atoms with Crippen LogP contribution in [0.2, 0.25) is 5.02 Å². The molecule has 7 heteroatoms. The maximum atomic E-state index is 13.5. The molecule has 0 unspecified atom stereocenters. The van der Waals surface area contributed by atoms with Gasteiger partial charge in [-0.15, -0.1) is 0 Å². The van der Waals surface area contributed by atoms with E-state index in [-0.39, 0.29) is 5.57 Å². The molecule has 0 saturated carbocycles. The van der Waals surface area contributed by atoms with Crippen molar-refractivity contribution in [1.82, 2.24) is 4.57 Å². The molecule has 39 heavy (non-hydrogen) atoms. The average molecular weight is 541 g/mol. The fourth-order valence-corrected chi connectivity index (χ4v) is 4.73. The van der Waals surface area contributed by atoms with Gasteiger partial charge in [-0.3, -0.25) is 4.79 Å². The summed E-state index contributed by atoms with van der Waals surface area (Å²) in [5.41, 5.74) is 4.15. The summed E-state index contributed by atoms with van der Waals surface area (Å²) in [6.07, 6.45) is 0.535. The number of halogens is 2. The number of aryl methyl sites for hydroxylation is 1. The van der Waals surface area contributed by atoms with Gasteiger partial charge in [-0.05, 0) is 79.6 Å². The van der Waals surface area contributed by atoms with Crippen molar-refractivity contribution in [3.63, 3.8) is 0 Å². The summed E-state index contributed by atoms with van der Waals surface area (Å²) in [4.78, 5) is 26.3. The molecule has 0 aliphatic heterocycles. The molecule has 196 valence electrons. The van der Waals surface area contributed by atoms with Crippen LogP contribution in [0.15, 0.2) is 91.0 Å². The number of nitrogens with one attached hydrogen (secondary N) is 1. The Labute approximate surface area is 230 Å². The highest BCUT2D eigenvalue weighted by Gasteiger charge is 2.22. The molecular formula is C32H26ClFN2O3. The fraction of sp³-hybridized carbons (Fsp3) is 0.125. The van der Waals surface area contributed by atoms with Crippen LogP contribution in [0.4, 0.5) is 10.1 Å². The number of hydrogen-bond acceptors (Lipinski definition) is 3. The molecule has 5 nitrogen and oxygen atoms in total. The molecule has 1 aromatic heterocycles. The van der Waals surface area contributed by atoms with Crippen molar-refractivity contribution in [2.75, 3.05) is 5.32 Å². The number of benzene rings is 4. The number of fused-ring (bicyclic) bond motifs is 3. The SMILES string of the molecule is CCn1c2ccccc2c2cc(NC(=O)[C@H](C)OC(=O)/C(=C/c3ccc(Cl)cc3)c3ccc(F)cc3)ccc21. The third-order valence-electron chi connectivity index (χ3n) is 6.57. The number of rotatable bonds is 7. The highest BCUT2D eigenvalue weighted by molar-refractivity contribution is 6.30. The van der Waals surface area contributed by atoms with E-state index in [9.17, 15) is 14.0 Å². The van der Waals surface area contributed by atoms with Gasteiger partial charge in [0.1, 0.15) is 5.82 Å². The maximum absolute atomic E-state index is 13.5. The first-order chi connectivity index (χ1) is 18.8. The predicted molar refractivity (Wildman–Crippen MR) is 155 cm³/mol. The van der Waals surface area contributed by atoms with E-state index in [4.69, 9.17) is 16.3 Å². The lowest BCUT2D eigenvalue weighted by atomic mass is 10.0. The first-order valence-electron chi connectivity index (χ1n) is 12.6. The molecule has 0 fully saturated rings. The van der Waals surface area contributed by atoms with E-state index in [0.29, 0.717) is 21.8 Å². The fourth-order valence-electron chi connectivity index (χ4n) is 4.61. The summed E-state index contributed by atoms with van der Waals surface area (Å²) in [7, 11) is 0. The van der Waals surface area contributed by atoms with Gasteiger partial charge in [0.05, 0.1) is 5.57 Å². The molecule has 5 aromatic rings. The van der Waals surface area contributed by atoms with Gasteiger partial charge < -0.3 is 14.6 Å². The minimum absolute atomic E-state index is 0.186. The first-order valence-corrected chi connectivity index (χ1v) is 13.0. The summed E-state index contributed by atoms with van der Waals surface area (Å²) in [5, 5.41) is 5.55. The van der Waals surface area contributed by atoms with Crippen molar-refractivity contribution >= 4 is 62.6 Å². The summed E-state index contributed by atoms with van der Waals surface area (Å²) in [5.74, 6) is -1.60. The van der Waals surface area contributed by atoms with Gasteiger partial charge in [-0.1, -0.05) is 54.1 Å². The molecule has 5 rings (SSSR count). The van der Waals surface area contributed by atoms with Gasteiger partial charge in [0.25, 0.3) is 5.91 Å². The summed E-state index contributed by atoms with van der Waals surface area (Å²) in [6.45, 7) is 4.43. The average Bonchev–Trinajstić information content (AvgIpc) is 3.26. The van der Waals surface area contributed by atoms with Crippen LogP contribution in [0.25, 0.3) is 33.5 Å². The van der Waals surface area contributed by atoms with Crippen molar-refractivity contribution in [2.45, 2.75) is 26.5 Å². The summed E-state index contributed by atoms with van der Waals surface area (Å²) >= 11 is 5.99. The van der Waals surface area contributed by atoms with E-state index in [1.807, 2.05) is 30.3 Å². The van der Waals surface area contributed by atoms with Crippen molar-refractivity contribution in [1.29, 1.82) is 0 Å². The minimum atomic E-state index is -1.08. The standard InChI is InChI=1S/C32H26ClFN2O3/c1-3-36-29-7-5-4-6-26(29)28-19-25(16-17-30(28)36)35-31(37)20(2)39-32(38)27(22-10-14-24(34)15-11-22)18-21-8-12-23(33)13-9-21/h4-20H,3H2,1-2H3,(H,35,37)/b27-18+/t20-/m0/s1. The van der Waals surface area contributed by atoms with Gasteiger partial charge in [0, 0.05) is 39.1 Å². The normalized spacial score (nSPS) is 12.5. The first kappa shape index (κ1) is 26.2. The zero-order chi connectivity index (χ0) is 27.5. The number of esters is 1. The highest BCUT2D eigenvalue weighted by atomic mass is 35.5. The molecule has 0 spiro atoms. The van der Waals surface area contributed by atoms with E-state index in [0.717, 1.165) is 28.4 Å². The molecule has 0 aliphatic carbocycles. The maximum Gasteiger partial charge on any atom is 0.339 e. The van der Waals surface area contributed by atoms with Gasteiger partial charge in [-0.25, -0.2) is 9.18 Å². The number of para-hydroxylation sites is 1. The molecule has 1 amide bonds. The number of amides is 1. The lowest BCUT2D eigenvalue weighted by molar-refractivity contribution is -0.147. The minimum Gasteiger partial charge on any atom is -0.449 e. The molecule has 0 radical (unpaired) electrons. The van der Waals surface area contributed by atoms with Gasteiger partial charge in [0.15, 0.2) is 6.10 Å². The third kappa shape index (κ3) is 5.56. The zero-order valence-electron chi connectivity index (χ0n) is 21.4. The molecular weight excluding hydrogens is 515 g/mol. The molecule has 4 aromatic carbocycles. The Hall–Kier alpha value is -4.42. The topological polar surface area (TPSA) is 60.3 Å². The van der Waals surface area contributed by atoms with Crippen LogP contribution in [-0.2, 0) is 20.9 Å². The van der Waals surface area contributed by atoms with Crippen molar-refractivity contribution in [3.05, 3.63) is 113 Å². The summed E-state index contributed by atoms with van der Waals surface area (Å²) in [6, 6.07) is 26.3. The number of carbonyl (C=O) groups is 2. The second kappa shape index (κ2) is 11.1. The highest BCUT2D eigenvalue weighted by Crippen LogP contribution is 2.31.